The molecule has 250 valence electrons. The minimum atomic E-state index is 1.22. The molecule has 0 amide bonds. The quantitative estimate of drug-likeness (QED) is 0.128. The van der Waals surface area contributed by atoms with Crippen molar-refractivity contribution in [2.75, 3.05) is 0 Å². The van der Waals surface area contributed by atoms with Gasteiger partial charge in [0, 0.05) is 0 Å². The van der Waals surface area contributed by atoms with Crippen molar-refractivity contribution < 1.29 is 0 Å². The molecular weight excluding hydrogens is 649 g/mol. The van der Waals surface area contributed by atoms with Crippen molar-refractivity contribution in [1.29, 1.82) is 0 Å². The number of hydrogen-bond donors (Lipinski definition) is 0. The van der Waals surface area contributed by atoms with Crippen LogP contribution in [0, 0.1) is 0 Å². The van der Waals surface area contributed by atoms with Crippen molar-refractivity contribution in [3.63, 3.8) is 0 Å². The maximum absolute atomic E-state index is 2.45. The van der Waals surface area contributed by atoms with E-state index in [0.29, 0.717) is 0 Å². The van der Waals surface area contributed by atoms with E-state index in [9.17, 15) is 0 Å². The van der Waals surface area contributed by atoms with E-state index in [1.54, 1.807) is 0 Å². The molecule has 0 radical (unpaired) electrons. The molecule has 0 saturated heterocycles. The lowest BCUT2D eigenvalue weighted by Crippen LogP contribution is -1.92. The van der Waals surface area contributed by atoms with Gasteiger partial charge in [-0.3, -0.25) is 0 Å². The Morgan fingerprint density at radius 1 is 0.185 bits per heavy atom. The first-order valence-electron chi connectivity index (χ1n) is 18.7. The van der Waals surface area contributed by atoms with E-state index < -0.39 is 0 Å². The summed E-state index contributed by atoms with van der Waals surface area (Å²) < 4.78 is 0. The van der Waals surface area contributed by atoms with Crippen LogP contribution in [0.1, 0.15) is 0 Å². The molecule has 0 N–H and O–H groups in total. The van der Waals surface area contributed by atoms with Crippen LogP contribution in [-0.2, 0) is 0 Å². The molecule has 11 aromatic carbocycles. The summed E-state index contributed by atoms with van der Waals surface area (Å²) in [5, 5.41) is 15.2. The van der Waals surface area contributed by atoms with Crippen LogP contribution in [0.2, 0.25) is 0 Å². The van der Waals surface area contributed by atoms with Crippen molar-refractivity contribution >= 4 is 64.6 Å². The van der Waals surface area contributed by atoms with Gasteiger partial charge >= 0.3 is 0 Å². The highest BCUT2D eigenvalue weighted by Gasteiger charge is 2.19. The fourth-order valence-electron chi connectivity index (χ4n) is 8.83. The molecule has 0 nitrogen and oxygen atoms in total. The minimum absolute atomic E-state index is 1.22. The Labute approximate surface area is 314 Å². The molecule has 0 heterocycles. The summed E-state index contributed by atoms with van der Waals surface area (Å²) in [6.45, 7) is 0. The highest BCUT2D eigenvalue weighted by atomic mass is 14.2. The second-order valence-electron chi connectivity index (χ2n) is 14.5. The average molecular weight is 683 g/mol. The second-order valence-corrected chi connectivity index (χ2v) is 14.5. The molecule has 0 aliphatic heterocycles. The van der Waals surface area contributed by atoms with Crippen LogP contribution in [0.15, 0.2) is 206 Å². The van der Waals surface area contributed by atoms with E-state index in [4.69, 9.17) is 0 Å². The summed E-state index contributed by atoms with van der Waals surface area (Å²) in [4.78, 5) is 0. The zero-order valence-electron chi connectivity index (χ0n) is 29.6. The highest BCUT2D eigenvalue weighted by Crippen LogP contribution is 2.46. The van der Waals surface area contributed by atoms with Gasteiger partial charge in [-0.15, -0.1) is 0 Å². The molecule has 0 spiro atoms. The molecule has 0 heteroatoms. The van der Waals surface area contributed by atoms with Gasteiger partial charge in [0.05, 0.1) is 0 Å². The number of hydrogen-bond acceptors (Lipinski definition) is 0. The van der Waals surface area contributed by atoms with Crippen molar-refractivity contribution in [3.8, 4) is 44.5 Å². The Hall–Kier alpha value is -7.02. The van der Waals surface area contributed by atoms with Gasteiger partial charge in [0.2, 0.25) is 0 Å². The van der Waals surface area contributed by atoms with Gasteiger partial charge in [-0.1, -0.05) is 176 Å². The van der Waals surface area contributed by atoms with Gasteiger partial charge in [-0.05, 0) is 139 Å². The van der Waals surface area contributed by atoms with Crippen LogP contribution in [0.25, 0.3) is 109 Å². The molecule has 11 rings (SSSR count). The minimum Gasteiger partial charge on any atom is -0.0622 e. The first-order valence-corrected chi connectivity index (χ1v) is 18.7. The van der Waals surface area contributed by atoms with E-state index in [1.165, 1.54) is 109 Å². The van der Waals surface area contributed by atoms with Crippen LogP contribution in [0.5, 0.6) is 0 Å². The van der Waals surface area contributed by atoms with E-state index in [-0.39, 0.29) is 0 Å². The van der Waals surface area contributed by atoms with Crippen molar-refractivity contribution in [2.45, 2.75) is 0 Å². The first kappa shape index (κ1) is 30.6. The lowest BCUT2D eigenvalue weighted by Gasteiger charge is -2.20. The Morgan fingerprint density at radius 3 is 1.54 bits per heavy atom. The lowest BCUT2D eigenvalue weighted by atomic mass is 9.83. The van der Waals surface area contributed by atoms with Gasteiger partial charge in [-0.2, -0.15) is 0 Å². The molecule has 54 heavy (non-hydrogen) atoms. The lowest BCUT2D eigenvalue weighted by molar-refractivity contribution is 1.61. The Balaban J connectivity index is 1.21. The summed E-state index contributed by atoms with van der Waals surface area (Å²) in [6, 6.07) is 76.3. The third-order valence-corrected chi connectivity index (χ3v) is 11.4. The van der Waals surface area contributed by atoms with Crippen molar-refractivity contribution in [2.24, 2.45) is 0 Å². The van der Waals surface area contributed by atoms with Gasteiger partial charge < -0.3 is 0 Å². The Bertz CT molecular complexity index is 3260. The predicted molar refractivity (Wildman–Crippen MR) is 233 cm³/mol. The van der Waals surface area contributed by atoms with Gasteiger partial charge in [0.15, 0.2) is 0 Å². The topological polar surface area (TPSA) is 0 Å². The van der Waals surface area contributed by atoms with Crippen molar-refractivity contribution in [1.82, 2.24) is 0 Å². The summed E-state index contributed by atoms with van der Waals surface area (Å²) in [5.41, 5.74) is 9.89. The Kier molecular flexibility index (Phi) is 6.97. The van der Waals surface area contributed by atoms with Crippen LogP contribution in [0.3, 0.4) is 0 Å². The zero-order valence-corrected chi connectivity index (χ0v) is 29.6. The maximum Gasteiger partial charge on any atom is -0.00259 e. The summed E-state index contributed by atoms with van der Waals surface area (Å²) in [6.07, 6.45) is 0. The molecule has 0 bridgehead atoms. The summed E-state index contributed by atoms with van der Waals surface area (Å²) in [5.74, 6) is 0. The smallest absolute Gasteiger partial charge is 0.00259 e. The fraction of sp³-hybridized carbons (Fsp3) is 0. The van der Waals surface area contributed by atoms with Gasteiger partial charge in [0.1, 0.15) is 0 Å². The van der Waals surface area contributed by atoms with E-state index >= 15 is 0 Å². The van der Waals surface area contributed by atoms with Crippen molar-refractivity contribution in [3.05, 3.63) is 206 Å². The molecule has 0 atom stereocenters. The monoisotopic (exact) mass is 682 g/mol. The molecule has 0 saturated carbocycles. The number of fused-ring (bicyclic) bond motifs is 7. The summed E-state index contributed by atoms with van der Waals surface area (Å²) in [7, 11) is 0. The third-order valence-electron chi connectivity index (χ3n) is 11.4. The van der Waals surface area contributed by atoms with E-state index in [1.807, 2.05) is 0 Å². The van der Waals surface area contributed by atoms with Gasteiger partial charge in [0.25, 0.3) is 0 Å². The molecular formula is C54H34. The zero-order chi connectivity index (χ0) is 35.6. The van der Waals surface area contributed by atoms with Crippen LogP contribution in [0.4, 0.5) is 0 Å². The average Bonchev–Trinajstić information content (AvgIpc) is 3.24. The third kappa shape index (κ3) is 4.92. The molecule has 11 aromatic rings. The SMILES string of the molecule is c1ccc(-c2cccc(-c3c4ccccc4c(-c4ccc5ccccc5c4)c4cc(-c5cccc6c5ccc5cc7ccccc7cc56)ccc34)c2)cc1. The molecule has 0 aliphatic rings. The molecule has 0 fully saturated rings. The summed E-state index contributed by atoms with van der Waals surface area (Å²) >= 11 is 0. The normalized spacial score (nSPS) is 11.7. The van der Waals surface area contributed by atoms with Gasteiger partial charge in [-0.25, -0.2) is 0 Å². The standard InChI is InChI=1S/C54H34/c1-2-12-35(13-3-1)38-18-10-19-43(31-38)53-48-20-8-9-21-49(48)54(44-25-24-36-14-4-5-15-37(36)32-44)52-34-42(27-29-50(52)53)45-22-11-23-46-47(45)28-26-41-30-39-16-6-7-17-40(39)33-51(41)46/h1-34H. The van der Waals surface area contributed by atoms with Crippen LogP contribution in [-0.4, -0.2) is 0 Å². The molecule has 0 aromatic heterocycles. The van der Waals surface area contributed by atoms with E-state index in [0.717, 1.165) is 0 Å². The highest BCUT2D eigenvalue weighted by molar-refractivity contribution is 6.23. The van der Waals surface area contributed by atoms with Crippen LogP contribution >= 0.6 is 0 Å². The largest absolute Gasteiger partial charge is 0.0622 e. The predicted octanol–water partition coefficient (Wildman–Crippen LogP) is 15.3. The second kappa shape index (κ2) is 12.3. The first-order chi connectivity index (χ1) is 26.8. The molecule has 0 aliphatic carbocycles. The van der Waals surface area contributed by atoms with E-state index in [2.05, 4.69) is 206 Å². The maximum atomic E-state index is 2.45. The fourth-order valence-corrected chi connectivity index (χ4v) is 8.83. The number of benzene rings is 11. The number of rotatable bonds is 4. The van der Waals surface area contributed by atoms with Crippen LogP contribution < -0.4 is 0 Å². The molecule has 0 unspecified atom stereocenters. The Morgan fingerprint density at radius 2 is 0.722 bits per heavy atom.